The van der Waals surface area contributed by atoms with E-state index in [1.54, 1.807) is 36.2 Å². The molecule has 1 aliphatic carbocycles. The second-order valence-electron chi connectivity index (χ2n) is 5.18. The van der Waals surface area contributed by atoms with E-state index in [1.165, 1.54) is 0 Å². The summed E-state index contributed by atoms with van der Waals surface area (Å²) in [6.45, 7) is 0.375. The quantitative estimate of drug-likeness (QED) is 0.799. The second kappa shape index (κ2) is 4.98. The van der Waals surface area contributed by atoms with Gasteiger partial charge in [0.15, 0.2) is 0 Å². The molecule has 4 heteroatoms. The smallest absolute Gasteiger partial charge is 0.255 e. The number of nitrogen functional groups attached to an aromatic ring is 1. The predicted octanol–water partition coefficient (Wildman–Crippen LogP) is 1.65. The highest BCUT2D eigenvalue weighted by molar-refractivity contribution is 5.98. The molecule has 0 radical (unpaired) electrons. The molecule has 0 heterocycles. The first-order valence-corrected chi connectivity index (χ1v) is 6.34. The third-order valence-electron chi connectivity index (χ3n) is 3.60. The number of carbonyl (C=O) groups excluding carboxylic acids is 1. The monoisotopic (exact) mass is 248 g/mol. The number of amides is 1. The van der Waals surface area contributed by atoms with Crippen LogP contribution in [0.3, 0.4) is 0 Å². The molecular formula is C14H20N2O2. The van der Waals surface area contributed by atoms with Crippen molar-refractivity contribution in [3.63, 3.8) is 0 Å². The third kappa shape index (κ3) is 2.64. The van der Waals surface area contributed by atoms with E-state index in [4.69, 9.17) is 5.73 Å². The summed E-state index contributed by atoms with van der Waals surface area (Å²) in [7, 11) is 1.71. The van der Waals surface area contributed by atoms with E-state index in [-0.39, 0.29) is 5.91 Å². The van der Waals surface area contributed by atoms with Gasteiger partial charge in [0.1, 0.15) is 0 Å². The van der Waals surface area contributed by atoms with Gasteiger partial charge in [-0.2, -0.15) is 0 Å². The number of likely N-dealkylation sites (N-methyl/N-ethyl adjacent to an activating group) is 1. The fourth-order valence-corrected chi connectivity index (χ4v) is 2.60. The van der Waals surface area contributed by atoms with Crippen molar-refractivity contribution in [3.8, 4) is 0 Å². The predicted molar refractivity (Wildman–Crippen MR) is 71.2 cm³/mol. The summed E-state index contributed by atoms with van der Waals surface area (Å²) in [6, 6.07) is 7.02. The number of nitrogens with two attached hydrogens (primary N) is 1. The van der Waals surface area contributed by atoms with Gasteiger partial charge in [-0.1, -0.05) is 25.0 Å². The number of para-hydroxylation sites is 1. The first-order chi connectivity index (χ1) is 8.52. The summed E-state index contributed by atoms with van der Waals surface area (Å²) in [5.41, 5.74) is 6.06. The van der Waals surface area contributed by atoms with Gasteiger partial charge in [0.25, 0.3) is 5.91 Å². The van der Waals surface area contributed by atoms with Crippen LogP contribution in [0.2, 0.25) is 0 Å². The molecule has 0 atom stereocenters. The van der Waals surface area contributed by atoms with E-state index in [0.717, 1.165) is 25.7 Å². The maximum atomic E-state index is 12.2. The Bertz CT molecular complexity index is 439. The van der Waals surface area contributed by atoms with Crippen molar-refractivity contribution in [2.75, 3.05) is 19.3 Å². The molecule has 4 nitrogen and oxygen atoms in total. The molecule has 1 aromatic carbocycles. The summed E-state index contributed by atoms with van der Waals surface area (Å²) in [5, 5.41) is 10.3. The summed E-state index contributed by atoms with van der Waals surface area (Å²) in [4.78, 5) is 13.8. The average molecular weight is 248 g/mol. The minimum atomic E-state index is -0.714. The molecule has 2 rings (SSSR count). The fourth-order valence-electron chi connectivity index (χ4n) is 2.60. The lowest BCUT2D eigenvalue weighted by Crippen LogP contribution is -2.42. The van der Waals surface area contributed by atoms with Crippen molar-refractivity contribution in [1.29, 1.82) is 0 Å². The molecular weight excluding hydrogens is 228 g/mol. The van der Waals surface area contributed by atoms with Crippen LogP contribution in [-0.2, 0) is 0 Å². The van der Waals surface area contributed by atoms with Crippen LogP contribution in [0.4, 0.5) is 5.69 Å². The molecule has 0 saturated heterocycles. The van der Waals surface area contributed by atoms with Crippen LogP contribution in [0.5, 0.6) is 0 Å². The number of hydrogen-bond acceptors (Lipinski definition) is 3. The number of anilines is 1. The summed E-state index contributed by atoms with van der Waals surface area (Å²) in [5.74, 6) is -0.131. The van der Waals surface area contributed by atoms with Gasteiger partial charge in [-0.25, -0.2) is 0 Å². The highest BCUT2D eigenvalue weighted by Crippen LogP contribution is 2.30. The Balaban J connectivity index is 2.07. The van der Waals surface area contributed by atoms with Crippen LogP contribution in [-0.4, -0.2) is 35.1 Å². The van der Waals surface area contributed by atoms with Crippen molar-refractivity contribution in [2.24, 2.45) is 0 Å². The second-order valence-corrected chi connectivity index (χ2v) is 5.18. The summed E-state index contributed by atoms with van der Waals surface area (Å²) >= 11 is 0. The van der Waals surface area contributed by atoms with E-state index in [9.17, 15) is 9.90 Å². The highest BCUT2D eigenvalue weighted by atomic mass is 16.3. The van der Waals surface area contributed by atoms with E-state index in [2.05, 4.69) is 0 Å². The molecule has 0 spiro atoms. The molecule has 98 valence electrons. The van der Waals surface area contributed by atoms with E-state index in [1.807, 2.05) is 0 Å². The van der Waals surface area contributed by atoms with Crippen molar-refractivity contribution in [3.05, 3.63) is 29.8 Å². The Morgan fingerprint density at radius 2 is 2.00 bits per heavy atom. The highest BCUT2D eigenvalue weighted by Gasteiger charge is 2.33. The van der Waals surface area contributed by atoms with Gasteiger partial charge >= 0.3 is 0 Å². The first-order valence-electron chi connectivity index (χ1n) is 6.34. The average Bonchev–Trinajstić information content (AvgIpc) is 2.75. The molecule has 1 saturated carbocycles. The van der Waals surface area contributed by atoms with E-state index < -0.39 is 5.60 Å². The van der Waals surface area contributed by atoms with Gasteiger partial charge in [-0.15, -0.1) is 0 Å². The zero-order valence-corrected chi connectivity index (χ0v) is 10.7. The molecule has 1 aromatic rings. The Labute approximate surface area is 107 Å². The molecule has 0 aliphatic heterocycles. The zero-order chi connectivity index (χ0) is 13.2. The SMILES string of the molecule is CN(CC1(O)CCCC1)C(=O)c1ccccc1N. The van der Waals surface area contributed by atoms with Gasteiger partial charge in [0.2, 0.25) is 0 Å². The molecule has 18 heavy (non-hydrogen) atoms. The van der Waals surface area contributed by atoms with Crippen molar-refractivity contribution in [1.82, 2.24) is 4.90 Å². The van der Waals surface area contributed by atoms with Crippen LogP contribution < -0.4 is 5.73 Å². The summed E-state index contributed by atoms with van der Waals surface area (Å²) < 4.78 is 0. The minimum absolute atomic E-state index is 0.131. The number of benzene rings is 1. The lowest BCUT2D eigenvalue weighted by atomic mass is 10.0. The van der Waals surface area contributed by atoms with Crippen molar-refractivity contribution >= 4 is 11.6 Å². The number of nitrogens with zero attached hydrogens (tertiary/aromatic N) is 1. The minimum Gasteiger partial charge on any atom is -0.398 e. The standard InChI is InChI=1S/C14H20N2O2/c1-16(10-14(18)8-4-5-9-14)13(17)11-6-2-3-7-12(11)15/h2-3,6-7,18H,4-5,8-10,15H2,1H3. The molecule has 1 aliphatic rings. The topological polar surface area (TPSA) is 66.6 Å². The number of hydrogen-bond donors (Lipinski definition) is 2. The van der Waals surface area contributed by atoms with Crippen LogP contribution in [0.15, 0.2) is 24.3 Å². The molecule has 0 aromatic heterocycles. The molecule has 0 bridgehead atoms. The lowest BCUT2D eigenvalue weighted by molar-refractivity contribution is 0.0157. The van der Waals surface area contributed by atoms with Crippen LogP contribution >= 0.6 is 0 Å². The Kier molecular flexibility index (Phi) is 3.57. The Morgan fingerprint density at radius 3 is 2.61 bits per heavy atom. The lowest BCUT2D eigenvalue weighted by Gasteiger charge is -2.28. The Hall–Kier alpha value is -1.55. The van der Waals surface area contributed by atoms with E-state index >= 15 is 0 Å². The van der Waals surface area contributed by atoms with Crippen LogP contribution in [0, 0.1) is 0 Å². The van der Waals surface area contributed by atoms with Gasteiger partial charge in [0, 0.05) is 19.3 Å². The maximum absolute atomic E-state index is 12.2. The fraction of sp³-hybridized carbons (Fsp3) is 0.500. The van der Waals surface area contributed by atoms with E-state index in [0.29, 0.717) is 17.8 Å². The van der Waals surface area contributed by atoms with Crippen molar-refractivity contribution < 1.29 is 9.90 Å². The number of rotatable bonds is 3. The number of carbonyl (C=O) groups is 1. The van der Waals surface area contributed by atoms with Gasteiger partial charge in [-0.05, 0) is 25.0 Å². The van der Waals surface area contributed by atoms with Gasteiger partial charge < -0.3 is 15.7 Å². The van der Waals surface area contributed by atoms with Crippen LogP contribution in [0.1, 0.15) is 36.0 Å². The largest absolute Gasteiger partial charge is 0.398 e. The van der Waals surface area contributed by atoms with Crippen LogP contribution in [0.25, 0.3) is 0 Å². The number of aliphatic hydroxyl groups is 1. The Morgan fingerprint density at radius 1 is 1.39 bits per heavy atom. The normalized spacial score (nSPS) is 17.7. The molecule has 0 unspecified atom stereocenters. The van der Waals surface area contributed by atoms with Gasteiger partial charge in [0.05, 0.1) is 11.2 Å². The molecule has 1 fully saturated rings. The first kappa shape index (κ1) is 12.9. The molecule has 3 N–H and O–H groups in total. The third-order valence-corrected chi connectivity index (χ3v) is 3.60. The molecule has 1 amide bonds. The van der Waals surface area contributed by atoms with Gasteiger partial charge in [-0.3, -0.25) is 4.79 Å². The summed E-state index contributed by atoms with van der Waals surface area (Å²) in [6.07, 6.45) is 3.61. The van der Waals surface area contributed by atoms with Crippen molar-refractivity contribution in [2.45, 2.75) is 31.3 Å². The zero-order valence-electron chi connectivity index (χ0n) is 10.7. The maximum Gasteiger partial charge on any atom is 0.255 e.